The SMILES string of the molecule is CC(C)c1ccc([Si](C)(C)[Si](C)(C)C)cc1. The van der Waals surface area contributed by atoms with Gasteiger partial charge in [0.1, 0.15) is 0 Å². The Morgan fingerprint density at radius 3 is 1.56 bits per heavy atom. The second-order valence-corrected chi connectivity index (χ2v) is 23.2. The summed E-state index contributed by atoms with van der Waals surface area (Å²) in [5.74, 6) is 0.644. The van der Waals surface area contributed by atoms with Crippen molar-refractivity contribution in [2.75, 3.05) is 0 Å². The average molecular weight is 251 g/mol. The lowest BCUT2D eigenvalue weighted by Gasteiger charge is -2.36. The van der Waals surface area contributed by atoms with E-state index in [-0.39, 0.29) is 0 Å². The van der Waals surface area contributed by atoms with Crippen molar-refractivity contribution in [3.05, 3.63) is 29.8 Å². The molecule has 0 nitrogen and oxygen atoms in total. The van der Waals surface area contributed by atoms with Gasteiger partial charge >= 0.3 is 0 Å². The summed E-state index contributed by atoms with van der Waals surface area (Å²) in [6.07, 6.45) is 0. The molecule has 0 aliphatic carbocycles. The third-order valence-electron chi connectivity index (χ3n) is 4.17. The van der Waals surface area contributed by atoms with Crippen LogP contribution in [0.4, 0.5) is 0 Å². The standard InChI is InChI=1S/C14H26Si2/c1-12(2)13-8-10-14(11-9-13)16(6,7)15(3,4)5/h8-12H,1-7H3. The Morgan fingerprint density at radius 1 is 0.812 bits per heavy atom. The van der Waals surface area contributed by atoms with E-state index < -0.39 is 15.2 Å². The largest absolute Gasteiger partial charge is 0.0736 e. The number of hydrogen-bond acceptors (Lipinski definition) is 0. The first-order valence-corrected chi connectivity index (χ1v) is 13.8. The molecular formula is C14H26Si2. The predicted octanol–water partition coefficient (Wildman–Crippen LogP) is 4.14. The van der Waals surface area contributed by atoms with Gasteiger partial charge in [0.15, 0.2) is 0 Å². The second kappa shape index (κ2) is 4.49. The van der Waals surface area contributed by atoms with Crippen LogP contribution in [0.5, 0.6) is 0 Å². The molecule has 16 heavy (non-hydrogen) atoms. The summed E-state index contributed by atoms with van der Waals surface area (Å²) in [6.45, 7) is 17.1. The minimum absolute atomic E-state index is 0.644. The van der Waals surface area contributed by atoms with Gasteiger partial charge in [0.05, 0.1) is 7.59 Å². The molecular weight excluding hydrogens is 224 g/mol. The van der Waals surface area contributed by atoms with Crippen LogP contribution in [0.1, 0.15) is 25.3 Å². The molecule has 0 aliphatic rings. The van der Waals surface area contributed by atoms with Crippen LogP contribution in [-0.2, 0) is 0 Å². The van der Waals surface area contributed by atoms with Crippen molar-refractivity contribution in [2.45, 2.75) is 52.5 Å². The molecule has 2 heteroatoms. The summed E-state index contributed by atoms with van der Waals surface area (Å²) in [4.78, 5) is 0. The minimum Gasteiger partial charge on any atom is -0.0712 e. The van der Waals surface area contributed by atoms with E-state index in [1.54, 1.807) is 5.19 Å². The van der Waals surface area contributed by atoms with Gasteiger partial charge in [-0.15, -0.1) is 0 Å². The zero-order valence-corrected chi connectivity index (χ0v) is 13.9. The molecule has 0 bridgehead atoms. The molecule has 0 aromatic heterocycles. The minimum atomic E-state index is -1.20. The highest BCUT2D eigenvalue weighted by Gasteiger charge is 2.38. The molecule has 1 rings (SSSR count). The van der Waals surface area contributed by atoms with Gasteiger partial charge in [0.25, 0.3) is 0 Å². The van der Waals surface area contributed by atoms with Crippen molar-refractivity contribution in [3.63, 3.8) is 0 Å². The summed E-state index contributed by atoms with van der Waals surface area (Å²) in [6, 6.07) is 9.43. The summed E-state index contributed by atoms with van der Waals surface area (Å²) in [7, 11) is -2.23. The molecule has 0 amide bonds. The molecule has 0 unspecified atom stereocenters. The van der Waals surface area contributed by atoms with Gasteiger partial charge in [0.2, 0.25) is 0 Å². The van der Waals surface area contributed by atoms with E-state index >= 15 is 0 Å². The Balaban J connectivity index is 3.07. The lowest BCUT2D eigenvalue weighted by Crippen LogP contribution is -2.61. The highest BCUT2D eigenvalue weighted by atomic mass is 29.3. The summed E-state index contributed by atoms with van der Waals surface area (Å²) in [5.41, 5.74) is 1.46. The lowest BCUT2D eigenvalue weighted by molar-refractivity contribution is 0.867. The first-order chi connectivity index (χ1) is 7.16. The average Bonchev–Trinajstić information content (AvgIpc) is 2.16. The predicted molar refractivity (Wildman–Crippen MR) is 81.0 cm³/mol. The van der Waals surface area contributed by atoms with Gasteiger partial charge in [-0.3, -0.25) is 0 Å². The first-order valence-electron chi connectivity index (χ1n) is 6.26. The summed E-state index contributed by atoms with van der Waals surface area (Å²) in [5, 5.41) is 1.64. The molecule has 90 valence electrons. The van der Waals surface area contributed by atoms with E-state index in [4.69, 9.17) is 0 Å². The van der Waals surface area contributed by atoms with E-state index in [2.05, 4.69) is 70.8 Å². The fourth-order valence-electron chi connectivity index (χ4n) is 1.72. The molecule has 0 heterocycles. The van der Waals surface area contributed by atoms with Crippen LogP contribution < -0.4 is 5.19 Å². The molecule has 0 saturated carbocycles. The maximum absolute atomic E-state index is 2.53. The van der Waals surface area contributed by atoms with Crippen LogP contribution in [0.2, 0.25) is 32.7 Å². The monoisotopic (exact) mass is 250 g/mol. The van der Waals surface area contributed by atoms with Crippen molar-refractivity contribution in [1.29, 1.82) is 0 Å². The van der Waals surface area contributed by atoms with E-state index in [1.165, 1.54) is 5.56 Å². The van der Waals surface area contributed by atoms with E-state index in [0.29, 0.717) is 5.92 Å². The van der Waals surface area contributed by atoms with Crippen molar-refractivity contribution in [1.82, 2.24) is 0 Å². The van der Waals surface area contributed by atoms with Crippen LogP contribution in [0.25, 0.3) is 0 Å². The quantitative estimate of drug-likeness (QED) is 0.707. The highest BCUT2D eigenvalue weighted by molar-refractivity contribution is 7.45. The number of hydrogen-bond donors (Lipinski definition) is 0. The second-order valence-electron chi connectivity index (χ2n) is 6.65. The van der Waals surface area contributed by atoms with Crippen LogP contribution in [0, 0.1) is 0 Å². The molecule has 0 atom stereocenters. The Labute approximate surface area is 103 Å². The van der Waals surface area contributed by atoms with Gasteiger partial charge in [-0.1, -0.05) is 76.0 Å². The Hall–Kier alpha value is -0.346. The van der Waals surface area contributed by atoms with Gasteiger partial charge in [-0.2, -0.15) is 0 Å². The van der Waals surface area contributed by atoms with Crippen LogP contribution in [0.3, 0.4) is 0 Å². The van der Waals surface area contributed by atoms with Gasteiger partial charge < -0.3 is 0 Å². The van der Waals surface area contributed by atoms with Crippen LogP contribution in [0.15, 0.2) is 24.3 Å². The Bertz CT molecular complexity index is 342. The molecule has 0 spiro atoms. The van der Waals surface area contributed by atoms with Gasteiger partial charge in [-0.05, 0) is 11.5 Å². The van der Waals surface area contributed by atoms with Crippen molar-refractivity contribution >= 4 is 20.4 Å². The van der Waals surface area contributed by atoms with Crippen molar-refractivity contribution < 1.29 is 0 Å². The number of rotatable bonds is 3. The van der Waals surface area contributed by atoms with Crippen LogP contribution in [-0.4, -0.2) is 15.2 Å². The molecule has 0 aliphatic heterocycles. The molecule has 1 aromatic rings. The molecule has 0 N–H and O–H groups in total. The van der Waals surface area contributed by atoms with Crippen molar-refractivity contribution in [2.24, 2.45) is 0 Å². The maximum Gasteiger partial charge on any atom is 0.0736 e. The third kappa shape index (κ3) is 2.66. The van der Waals surface area contributed by atoms with Gasteiger partial charge in [0, 0.05) is 7.59 Å². The molecule has 0 saturated heterocycles. The first kappa shape index (κ1) is 13.7. The Kier molecular flexibility index (Phi) is 3.85. The fourth-order valence-corrected chi connectivity index (χ4v) is 6.68. The topological polar surface area (TPSA) is 0 Å². The lowest BCUT2D eigenvalue weighted by atomic mass is 10.0. The van der Waals surface area contributed by atoms with Crippen LogP contribution >= 0.6 is 0 Å². The molecule has 1 aromatic carbocycles. The van der Waals surface area contributed by atoms with E-state index in [9.17, 15) is 0 Å². The summed E-state index contributed by atoms with van der Waals surface area (Å²) >= 11 is 0. The van der Waals surface area contributed by atoms with E-state index in [1.807, 2.05) is 0 Å². The third-order valence-corrected chi connectivity index (χ3v) is 21.8. The molecule has 0 fully saturated rings. The normalized spacial score (nSPS) is 13.2. The fraction of sp³-hybridized carbons (Fsp3) is 0.571. The number of benzene rings is 1. The van der Waals surface area contributed by atoms with Gasteiger partial charge in [-0.25, -0.2) is 0 Å². The molecule has 0 radical (unpaired) electrons. The Morgan fingerprint density at radius 2 is 1.25 bits per heavy atom. The highest BCUT2D eigenvalue weighted by Crippen LogP contribution is 2.20. The van der Waals surface area contributed by atoms with E-state index in [0.717, 1.165) is 0 Å². The maximum atomic E-state index is 2.53. The zero-order chi connectivity index (χ0) is 12.6. The summed E-state index contributed by atoms with van der Waals surface area (Å²) < 4.78 is 0. The van der Waals surface area contributed by atoms with Crippen molar-refractivity contribution in [3.8, 4) is 0 Å². The zero-order valence-electron chi connectivity index (χ0n) is 11.9. The smallest absolute Gasteiger partial charge is 0.0712 e.